The maximum absolute atomic E-state index is 5.38. The zero-order valence-corrected chi connectivity index (χ0v) is 8.11. The van der Waals surface area contributed by atoms with Crippen LogP contribution in [0.15, 0.2) is 28.9 Å². The first-order valence-corrected chi connectivity index (χ1v) is 4.37. The minimum absolute atomic E-state index is 0.536. The average Bonchev–Trinajstić information content (AvgIpc) is 2.61. The maximum atomic E-state index is 5.38. The first-order valence-electron chi connectivity index (χ1n) is 4.37. The van der Waals surface area contributed by atoms with Crippen LogP contribution in [0, 0.1) is 6.92 Å². The van der Waals surface area contributed by atoms with Gasteiger partial charge in [-0.2, -0.15) is 4.98 Å². The molecule has 0 atom stereocenters. The molecule has 2 aromatic rings. The van der Waals surface area contributed by atoms with Crippen LogP contribution in [-0.2, 0) is 0 Å². The molecular weight excluding hydrogens is 178 g/mol. The summed E-state index contributed by atoms with van der Waals surface area (Å²) in [6, 6.07) is 4.35. The summed E-state index contributed by atoms with van der Waals surface area (Å²) in [6.07, 6.45) is 3.48. The zero-order chi connectivity index (χ0) is 9.97. The lowest BCUT2D eigenvalue weighted by atomic mass is 10.2. The van der Waals surface area contributed by atoms with Crippen molar-refractivity contribution in [2.75, 3.05) is 12.4 Å². The van der Waals surface area contributed by atoms with Crippen molar-refractivity contribution in [1.82, 2.24) is 9.97 Å². The van der Waals surface area contributed by atoms with Crippen LogP contribution in [0.2, 0.25) is 0 Å². The van der Waals surface area contributed by atoms with Crippen molar-refractivity contribution in [1.29, 1.82) is 0 Å². The monoisotopic (exact) mass is 189 g/mol. The summed E-state index contributed by atoms with van der Waals surface area (Å²) in [4.78, 5) is 8.25. The summed E-state index contributed by atoms with van der Waals surface area (Å²) in [5.41, 5.74) is 1.87. The number of nitrogens with zero attached hydrogens (tertiary/aromatic N) is 2. The largest absolute Gasteiger partial charge is 0.428 e. The van der Waals surface area contributed by atoms with E-state index in [4.69, 9.17) is 4.42 Å². The van der Waals surface area contributed by atoms with Crippen LogP contribution >= 0.6 is 0 Å². The fourth-order valence-electron chi connectivity index (χ4n) is 1.28. The molecule has 0 fully saturated rings. The molecular formula is C10H11N3O. The van der Waals surface area contributed by atoms with Crippen LogP contribution in [0.5, 0.6) is 0 Å². The first kappa shape index (κ1) is 8.74. The molecule has 0 amide bonds. The average molecular weight is 189 g/mol. The van der Waals surface area contributed by atoms with Gasteiger partial charge in [0, 0.05) is 25.0 Å². The molecule has 4 nitrogen and oxygen atoms in total. The number of aromatic nitrogens is 2. The van der Waals surface area contributed by atoms with E-state index in [1.54, 1.807) is 19.4 Å². The quantitative estimate of drug-likeness (QED) is 0.785. The number of pyridine rings is 1. The Hall–Kier alpha value is -1.84. The van der Waals surface area contributed by atoms with Gasteiger partial charge in [0.05, 0.1) is 0 Å². The second-order valence-corrected chi connectivity index (χ2v) is 2.91. The van der Waals surface area contributed by atoms with Gasteiger partial charge in [0.25, 0.3) is 6.01 Å². The van der Waals surface area contributed by atoms with Crippen LogP contribution in [0.3, 0.4) is 0 Å². The highest BCUT2D eigenvalue weighted by Crippen LogP contribution is 2.24. The summed E-state index contributed by atoms with van der Waals surface area (Å²) in [5.74, 6) is 0.806. The fourth-order valence-corrected chi connectivity index (χ4v) is 1.28. The van der Waals surface area contributed by atoms with Gasteiger partial charge in [-0.05, 0) is 19.1 Å². The lowest BCUT2D eigenvalue weighted by molar-refractivity contribution is 0.544. The van der Waals surface area contributed by atoms with Crippen LogP contribution in [-0.4, -0.2) is 17.0 Å². The van der Waals surface area contributed by atoms with Gasteiger partial charge >= 0.3 is 0 Å². The third-order valence-electron chi connectivity index (χ3n) is 1.96. The maximum Gasteiger partial charge on any atom is 0.295 e. The normalized spacial score (nSPS) is 10.1. The molecule has 0 aliphatic carbocycles. The molecule has 14 heavy (non-hydrogen) atoms. The topological polar surface area (TPSA) is 51.0 Å². The molecule has 0 radical (unpaired) electrons. The zero-order valence-electron chi connectivity index (χ0n) is 8.11. The first-order chi connectivity index (χ1) is 6.81. The third kappa shape index (κ3) is 1.46. The van der Waals surface area contributed by atoms with Crippen LogP contribution in [0.25, 0.3) is 11.3 Å². The summed E-state index contributed by atoms with van der Waals surface area (Å²) in [6.45, 7) is 1.89. The Bertz CT molecular complexity index is 422. The van der Waals surface area contributed by atoms with E-state index < -0.39 is 0 Å². The van der Waals surface area contributed by atoms with E-state index in [2.05, 4.69) is 15.3 Å². The fraction of sp³-hybridized carbons (Fsp3) is 0.200. The molecule has 0 unspecified atom stereocenters. The number of hydrogen-bond donors (Lipinski definition) is 1. The van der Waals surface area contributed by atoms with E-state index >= 15 is 0 Å². The van der Waals surface area contributed by atoms with Gasteiger partial charge in [0.15, 0.2) is 0 Å². The Morgan fingerprint density at radius 3 is 2.57 bits per heavy atom. The van der Waals surface area contributed by atoms with Crippen molar-refractivity contribution in [2.45, 2.75) is 6.92 Å². The highest BCUT2D eigenvalue weighted by molar-refractivity contribution is 5.61. The Labute approximate surface area is 82.0 Å². The Morgan fingerprint density at radius 1 is 1.29 bits per heavy atom. The molecule has 2 aromatic heterocycles. The third-order valence-corrected chi connectivity index (χ3v) is 1.96. The summed E-state index contributed by atoms with van der Waals surface area (Å²) in [5, 5.41) is 2.86. The van der Waals surface area contributed by atoms with Crippen molar-refractivity contribution in [3.63, 3.8) is 0 Å². The molecule has 0 aliphatic rings. The minimum atomic E-state index is 0.536. The van der Waals surface area contributed by atoms with Gasteiger partial charge in [0.2, 0.25) is 0 Å². The number of hydrogen-bond acceptors (Lipinski definition) is 4. The van der Waals surface area contributed by atoms with Crippen molar-refractivity contribution in [3.05, 3.63) is 30.3 Å². The van der Waals surface area contributed by atoms with Crippen molar-refractivity contribution in [3.8, 4) is 11.3 Å². The van der Waals surface area contributed by atoms with E-state index in [0.29, 0.717) is 6.01 Å². The number of oxazole rings is 1. The van der Waals surface area contributed by atoms with Crippen LogP contribution in [0.1, 0.15) is 5.76 Å². The van der Waals surface area contributed by atoms with Gasteiger partial charge in [-0.3, -0.25) is 4.98 Å². The minimum Gasteiger partial charge on any atom is -0.428 e. The van der Waals surface area contributed by atoms with Crippen molar-refractivity contribution >= 4 is 6.01 Å². The van der Waals surface area contributed by atoms with Gasteiger partial charge < -0.3 is 9.73 Å². The highest BCUT2D eigenvalue weighted by atomic mass is 16.4. The second-order valence-electron chi connectivity index (χ2n) is 2.91. The predicted molar refractivity (Wildman–Crippen MR) is 54.0 cm³/mol. The van der Waals surface area contributed by atoms with E-state index in [1.165, 1.54) is 0 Å². The SMILES string of the molecule is CNc1nc(-c2ccncc2)c(C)o1. The second kappa shape index (κ2) is 3.49. The summed E-state index contributed by atoms with van der Waals surface area (Å²) in [7, 11) is 1.78. The standard InChI is InChI=1S/C10H11N3O/c1-7-9(13-10(11-2)14-7)8-3-5-12-6-4-8/h3-6H,1-2H3,(H,11,13). The Balaban J connectivity index is 2.46. The molecule has 0 bridgehead atoms. The molecule has 4 heteroatoms. The summed E-state index contributed by atoms with van der Waals surface area (Å²) >= 11 is 0. The van der Waals surface area contributed by atoms with Gasteiger partial charge in [0.1, 0.15) is 11.5 Å². The molecule has 0 aromatic carbocycles. The van der Waals surface area contributed by atoms with E-state index in [-0.39, 0.29) is 0 Å². The van der Waals surface area contributed by atoms with Gasteiger partial charge in [-0.15, -0.1) is 0 Å². The molecule has 72 valence electrons. The Kier molecular flexibility index (Phi) is 2.18. The molecule has 2 rings (SSSR count). The predicted octanol–water partition coefficient (Wildman–Crippen LogP) is 2.09. The highest BCUT2D eigenvalue weighted by Gasteiger charge is 2.09. The van der Waals surface area contributed by atoms with E-state index in [9.17, 15) is 0 Å². The number of rotatable bonds is 2. The molecule has 1 N–H and O–H groups in total. The molecule has 0 aliphatic heterocycles. The molecule has 0 spiro atoms. The lowest BCUT2D eigenvalue weighted by Gasteiger charge is -1.94. The van der Waals surface area contributed by atoms with Crippen molar-refractivity contribution in [2.24, 2.45) is 0 Å². The summed E-state index contributed by atoms with van der Waals surface area (Å²) < 4.78 is 5.38. The smallest absolute Gasteiger partial charge is 0.295 e. The Morgan fingerprint density at radius 2 is 2.00 bits per heavy atom. The number of anilines is 1. The van der Waals surface area contributed by atoms with Gasteiger partial charge in [-0.1, -0.05) is 0 Å². The van der Waals surface area contributed by atoms with Crippen molar-refractivity contribution < 1.29 is 4.42 Å². The van der Waals surface area contributed by atoms with E-state index in [1.807, 2.05) is 19.1 Å². The van der Waals surface area contributed by atoms with Crippen LogP contribution in [0.4, 0.5) is 6.01 Å². The van der Waals surface area contributed by atoms with Crippen LogP contribution < -0.4 is 5.32 Å². The lowest BCUT2D eigenvalue weighted by Crippen LogP contribution is -1.86. The number of nitrogens with one attached hydrogen (secondary N) is 1. The number of aryl methyl sites for hydroxylation is 1. The van der Waals surface area contributed by atoms with E-state index in [0.717, 1.165) is 17.0 Å². The molecule has 0 saturated carbocycles. The molecule has 2 heterocycles. The van der Waals surface area contributed by atoms with Gasteiger partial charge in [-0.25, -0.2) is 0 Å². The molecule has 0 saturated heterocycles.